The van der Waals surface area contributed by atoms with Crippen molar-refractivity contribution < 1.29 is 19.4 Å². The summed E-state index contributed by atoms with van der Waals surface area (Å²) in [4.78, 5) is 31.3. The first-order valence-electron chi connectivity index (χ1n) is 5.17. The van der Waals surface area contributed by atoms with Crippen LogP contribution >= 0.6 is 11.8 Å². The number of hydrogen-bond donors (Lipinski definition) is 0. The molecule has 0 saturated carbocycles. The van der Waals surface area contributed by atoms with E-state index in [-0.39, 0.29) is 22.9 Å². The number of nitro groups is 2. The Balaban J connectivity index is 2.91. The lowest BCUT2D eigenvalue weighted by molar-refractivity contribution is -0.396. The number of non-ortho nitro benzene ring substituents is 1. The molecule has 102 valence electrons. The average molecular weight is 286 g/mol. The third-order valence-electron chi connectivity index (χ3n) is 2.00. The molecule has 0 unspecified atom stereocenters. The zero-order valence-electron chi connectivity index (χ0n) is 9.90. The maximum atomic E-state index is 11.2. The number of carbonyl (C=O) groups excluding carboxylic acids is 1. The van der Waals surface area contributed by atoms with Gasteiger partial charge >= 0.3 is 5.97 Å². The number of carbonyl (C=O) groups is 1. The van der Waals surface area contributed by atoms with Gasteiger partial charge in [0.1, 0.15) is 0 Å². The van der Waals surface area contributed by atoms with Crippen molar-refractivity contribution in [3.63, 3.8) is 0 Å². The van der Waals surface area contributed by atoms with Gasteiger partial charge in [-0.2, -0.15) is 0 Å². The van der Waals surface area contributed by atoms with Crippen molar-refractivity contribution in [1.82, 2.24) is 0 Å². The summed E-state index contributed by atoms with van der Waals surface area (Å²) in [5.74, 6) is -0.591. The molecule has 0 saturated heterocycles. The number of nitrogens with zero attached hydrogens (tertiary/aromatic N) is 2. The second kappa shape index (κ2) is 6.69. The predicted molar refractivity (Wildman–Crippen MR) is 67.1 cm³/mol. The lowest BCUT2D eigenvalue weighted by Crippen LogP contribution is -2.06. The zero-order valence-corrected chi connectivity index (χ0v) is 10.7. The van der Waals surface area contributed by atoms with Crippen molar-refractivity contribution in [1.29, 1.82) is 0 Å². The zero-order chi connectivity index (χ0) is 14.4. The largest absolute Gasteiger partial charge is 0.465 e. The van der Waals surface area contributed by atoms with Crippen molar-refractivity contribution in [3.05, 3.63) is 38.4 Å². The van der Waals surface area contributed by atoms with Crippen LogP contribution in [0.5, 0.6) is 0 Å². The first-order chi connectivity index (χ1) is 8.95. The summed E-state index contributed by atoms with van der Waals surface area (Å²) in [5, 5.41) is 21.4. The summed E-state index contributed by atoms with van der Waals surface area (Å²) in [6.07, 6.45) is 0. The summed E-state index contributed by atoms with van der Waals surface area (Å²) in [6.45, 7) is 1.87. The number of esters is 1. The van der Waals surface area contributed by atoms with Crippen molar-refractivity contribution in [2.24, 2.45) is 0 Å². The first-order valence-corrected chi connectivity index (χ1v) is 6.15. The van der Waals surface area contributed by atoms with Crippen LogP contribution in [0.3, 0.4) is 0 Å². The topological polar surface area (TPSA) is 113 Å². The van der Waals surface area contributed by atoms with Gasteiger partial charge in [-0.3, -0.25) is 25.0 Å². The van der Waals surface area contributed by atoms with E-state index in [0.717, 1.165) is 23.9 Å². The highest BCUT2D eigenvalue weighted by molar-refractivity contribution is 8.00. The lowest BCUT2D eigenvalue weighted by Gasteiger charge is -2.03. The Kier molecular flexibility index (Phi) is 5.24. The highest BCUT2D eigenvalue weighted by Crippen LogP contribution is 2.32. The quantitative estimate of drug-likeness (QED) is 0.340. The number of rotatable bonds is 6. The van der Waals surface area contributed by atoms with E-state index >= 15 is 0 Å². The first kappa shape index (κ1) is 14.9. The van der Waals surface area contributed by atoms with Crippen LogP contribution in [0.25, 0.3) is 0 Å². The molecular formula is C10H10N2O6S. The molecule has 0 bridgehead atoms. The van der Waals surface area contributed by atoms with Crippen LogP contribution in [-0.2, 0) is 9.53 Å². The van der Waals surface area contributed by atoms with E-state index in [2.05, 4.69) is 4.74 Å². The van der Waals surface area contributed by atoms with Gasteiger partial charge in [0.2, 0.25) is 0 Å². The van der Waals surface area contributed by atoms with Crippen molar-refractivity contribution in [2.75, 3.05) is 12.4 Å². The fraction of sp³-hybridized carbons (Fsp3) is 0.300. The van der Waals surface area contributed by atoms with Gasteiger partial charge < -0.3 is 4.74 Å². The molecule has 19 heavy (non-hydrogen) atoms. The second-order valence-corrected chi connectivity index (χ2v) is 4.28. The fourth-order valence-corrected chi connectivity index (χ4v) is 2.03. The third kappa shape index (κ3) is 4.21. The monoisotopic (exact) mass is 286 g/mol. The number of thioether (sulfide) groups is 1. The minimum atomic E-state index is -0.722. The molecule has 0 spiro atoms. The Hall–Kier alpha value is -2.16. The Bertz CT molecular complexity index is 519. The van der Waals surface area contributed by atoms with Crippen LogP contribution in [0.4, 0.5) is 11.4 Å². The molecule has 1 aromatic carbocycles. The summed E-state index contributed by atoms with van der Waals surface area (Å²) < 4.78 is 4.69. The van der Waals surface area contributed by atoms with Gasteiger partial charge in [-0.05, 0) is 13.0 Å². The highest BCUT2D eigenvalue weighted by atomic mass is 32.2. The minimum absolute atomic E-state index is 0.0908. The standard InChI is InChI=1S/C10H10N2O6S/c1-2-18-10(13)6-19-9-4-3-7(11(14)15)5-8(9)12(16)17/h3-5H,2,6H2,1H3. The van der Waals surface area contributed by atoms with Gasteiger partial charge in [0.25, 0.3) is 11.4 Å². The molecule has 0 aromatic heterocycles. The molecule has 1 aromatic rings. The lowest BCUT2D eigenvalue weighted by atomic mass is 10.3. The Morgan fingerprint density at radius 3 is 2.53 bits per heavy atom. The average Bonchev–Trinajstić information content (AvgIpc) is 2.36. The molecule has 0 N–H and O–H groups in total. The van der Waals surface area contributed by atoms with Gasteiger partial charge in [-0.25, -0.2) is 0 Å². The molecule has 0 amide bonds. The van der Waals surface area contributed by atoms with Crippen molar-refractivity contribution >= 4 is 29.1 Å². The van der Waals surface area contributed by atoms with Crippen LogP contribution in [0, 0.1) is 20.2 Å². The summed E-state index contributed by atoms with van der Waals surface area (Å²) in [7, 11) is 0. The van der Waals surface area contributed by atoms with E-state index in [0.29, 0.717) is 0 Å². The summed E-state index contributed by atoms with van der Waals surface area (Å²) in [5.41, 5.74) is -0.768. The summed E-state index contributed by atoms with van der Waals surface area (Å²) in [6, 6.07) is 3.27. The molecule has 0 heterocycles. The van der Waals surface area contributed by atoms with Gasteiger partial charge in [-0.1, -0.05) is 0 Å². The third-order valence-corrected chi connectivity index (χ3v) is 3.04. The predicted octanol–water partition coefficient (Wildman–Crippen LogP) is 2.16. The van der Waals surface area contributed by atoms with Gasteiger partial charge in [0.15, 0.2) is 0 Å². The van der Waals surface area contributed by atoms with E-state index in [1.807, 2.05) is 0 Å². The van der Waals surface area contributed by atoms with Crippen LogP contribution in [0.2, 0.25) is 0 Å². The Morgan fingerprint density at radius 2 is 2.00 bits per heavy atom. The highest BCUT2D eigenvalue weighted by Gasteiger charge is 2.20. The SMILES string of the molecule is CCOC(=O)CSc1ccc([N+](=O)[O-])cc1[N+](=O)[O-]. The smallest absolute Gasteiger partial charge is 0.316 e. The molecule has 8 nitrogen and oxygen atoms in total. The number of hydrogen-bond acceptors (Lipinski definition) is 7. The molecule has 9 heteroatoms. The Labute approximate surface area is 112 Å². The maximum Gasteiger partial charge on any atom is 0.316 e. The Morgan fingerprint density at radius 1 is 1.32 bits per heavy atom. The molecule has 0 aliphatic rings. The molecule has 0 aliphatic carbocycles. The van der Waals surface area contributed by atoms with Gasteiger partial charge in [0.05, 0.1) is 33.2 Å². The second-order valence-electron chi connectivity index (χ2n) is 3.26. The maximum absolute atomic E-state index is 11.2. The molecule has 0 aliphatic heterocycles. The molecular weight excluding hydrogens is 276 g/mol. The minimum Gasteiger partial charge on any atom is -0.465 e. The number of benzene rings is 1. The normalized spacial score (nSPS) is 9.95. The van der Waals surface area contributed by atoms with E-state index in [1.54, 1.807) is 6.92 Å². The van der Waals surface area contributed by atoms with Crippen LogP contribution in [-0.4, -0.2) is 28.2 Å². The van der Waals surface area contributed by atoms with Crippen molar-refractivity contribution in [3.8, 4) is 0 Å². The fourth-order valence-electron chi connectivity index (χ4n) is 1.22. The van der Waals surface area contributed by atoms with E-state index < -0.39 is 21.5 Å². The molecule has 0 fully saturated rings. The van der Waals surface area contributed by atoms with Crippen LogP contribution in [0.15, 0.2) is 23.1 Å². The van der Waals surface area contributed by atoms with E-state index in [9.17, 15) is 25.0 Å². The van der Waals surface area contributed by atoms with Crippen LogP contribution in [0.1, 0.15) is 6.92 Å². The van der Waals surface area contributed by atoms with Crippen molar-refractivity contribution in [2.45, 2.75) is 11.8 Å². The number of ether oxygens (including phenoxy) is 1. The molecule has 0 radical (unpaired) electrons. The molecule has 1 rings (SSSR count). The van der Waals surface area contributed by atoms with Gasteiger partial charge in [0, 0.05) is 6.07 Å². The number of nitro benzene ring substituents is 2. The summed E-state index contributed by atoms with van der Waals surface area (Å²) >= 11 is 0.905. The van der Waals surface area contributed by atoms with Gasteiger partial charge in [-0.15, -0.1) is 11.8 Å². The molecule has 0 atom stereocenters. The van der Waals surface area contributed by atoms with E-state index in [4.69, 9.17) is 0 Å². The van der Waals surface area contributed by atoms with Crippen LogP contribution < -0.4 is 0 Å². The van der Waals surface area contributed by atoms with E-state index in [1.165, 1.54) is 6.07 Å².